The van der Waals surface area contributed by atoms with Gasteiger partial charge in [0.15, 0.2) is 6.10 Å². The number of nitrogens with one attached hydrogen (secondary N) is 2. The van der Waals surface area contributed by atoms with Gasteiger partial charge in [-0.05, 0) is 13.8 Å². The Labute approximate surface area is 144 Å². The van der Waals surface area contributed by atoms with Crippen molar-refractivity contribution in [2.45, 2.75) is 26.4 Å². The number of carbonyl (C=O) groups is 4. The summed E-state index contributed by atoms with van der Waals surface area (Å²) in [6.07, 6.45) is 0.508. The second-order valence-electron chi connectivity index (χ2n) is 4.59. The standard InChI is InChI=1S/C14H22N4O7/c1-3-8(17-13(15)22)6-24-11(20)5-10(19)12(21)25-7-9(4-2)18-14(16)23/h3-4,10,19H,5-7H2,1-2H3,(H3,15,17,22)(H3,16,18,23). The van der Waals surface area contributed by atoms with Crippen molar-refractivity contribution in [2.24, 2.45) is 11.5 Å². The van der Waals surface area contributed by atoms with Crippen molar-refractivity contribution in [1.82, 2.24) is 10.6 Å². The Morgan fingerprint density at radius 3 is 1.80 bits per heavy atom. The fourth-order valence-corrected chi connectivity index (χ4v) is 1.40. The number of hydrogen-bond donors (Lipinski definition) is 5. The zero-order valence-corrected chi connectivity index (χ0v) is 13.9. The van der Waals surface area contributed by atoms with Gasteiger partial charge in [-0.1, -0.05) is 12.2 Å². The van der Waals surface area contributed by atoms with E-state index >= 15 is 0 Å². The third kappa shape index (κ3) is 10.3. The molecule has 0 spiro atoms. The molecule has 0 rings (SSSR count). The van der Waals surface area contributed by atoms with Crippen LogP contribution in [0.1, 0.15) is 20.3 Å². The molecule has 0 aromatic heterocycles. The van der Waals surface area contributed by atoms with E-state index in [9.17, 15) is 24.3 Å². The van der Waals surface area contributed by atoms with Gasteiger partial charge in [-0.2, -0.15) is 0 Å². The molecule has 0 saturated heterocycles. The lowest BCUT2D eigenvalue weighted by Gasteiger charge is -2.13. The summed E-state index contributed by atoms with van der Waals surface area (Å²) >= 11 is 0. The van der Waals surface area contributed by atoms with Crippen molar-refractivity contribution in [3.05, 3.63) is 23.5 Å². The predicted octanol–water partition coefficient (Wildman–Crippen LogP) is -1.03. The first-order chi connectivity index (χ1) is 11.7. The number of nitrogens with two attached hydrogens (primary N) is 2. The Kier molecular flexibility index (Phi) is 10.0. The first kappa shape index (κ1) is 21.9. The molecule has 0 aliphatic heterocycles. The maximum Gasteiger partial charge on any atom is 0.335 e. The van der Waals surface area contributed by atoms with Gasteiger partial charge in [0, 0.05) is 0 Å². The maximum atomic E-state index is 11.6. The molecule has 0 aromatic carbocycles. The number of urea groups is 2. The number of allylic oxidation sites excluding steroid dienone is 2. The van der Waals surface area contributed by atoms with Crippen LogP contribution in [0.4, 0.5) is 9.59 Å². The molecule has 7 N–H and O–H groups in total. The van der Waals surface area contributed by atoms with Crippen molar-refractivity contribution in [2.75, 3.05) is 13.2 Å². The Morgan fingerprint density at radius 1 is 0.960 bits per heavy atom. The van der Waals surface area contributed by atoms with Gasteiger partial charge in [-0.3, -0.25) is 4.79 Å². The number of carbonyl (C=O) groups excluding carboxylic acids is 4. The van der Waals surface area contributed by atoms with E-state index in [1.807, 2.05) is 0 Å². The van der Waals surface area contributed by atoms with Gasteiger partial charge in [-0.15, -0.1) is 0 Å². The fourth-order valence-electron chi connectivity index (χ4n) is 1.40. The van der Waals surface area contributed by atoms with E-state index in [-0.39, 0.29) is 24.6 Å². The molecule has 0 aliphatic rings. The summed E-state index contributed by atoms with van der Waals surface area (Å²) in [5.74, 6) is -1.97. The Morgan fingerprint density at radius 2 is 1.40 bits per heavy atom. The smallest absolute Gasteiger partial charge is 0.335 e. The van der Waals surface area contributed by atoms with Crippen LogP contribution in [0.3, 0.4) is 0 Å². The normalized spacial score (nSPS) is 12.8. The van der Waals surface area contributed by atoms with Gasteiger partial charge in [0.1, 0.15) is 13.2 Å². The number of primary amides is 2. The molecule has 0 aliphatic carbocycles. The molecular formula is C14H22N4O7. The lowest BCUT2D eigenvalue weighted by Crippen LogP contribution is -2.33. The van der Waals surface area contributed by atoms with Gasteiger partial charge in [0.05, 0.1) is 17.8 Å². The molecule has 11 heteroatoms. The second kappa shape index (κ2) is 11.5. The van der Waals surface area contributed by atoms with Crippen molar-refractivity contribution in [3.8, 4) is 0 Å². The minimum absolute atomic E-state index is 0.214. The van der Waals surface area contributed by atoms with E-state index in [0.717, 1.165) is 0 Å². The molecule has 1 unspecified atom stereocenters. The molecule has 25 heavy (non-hydrogen) atoms. The molecule has 0 bridgehead atoms. The highest BCUT2D eigenvalue weighted by atomic mass is 16.6. The zero-order valence-electron chi connectivity index (χ0n) is 13.9. The summed E-state index contributed by atoms with van der Waals surface area (Å²) in [5, 5.41) is 14.1. The van der Waals surface area contributed by atoms with E-state index in [1.165, 1.54) is 12.2 Å². The molecule has 0 aromatic rings. The molecule has 0 fully saturated rings. The number of ether oxygens (including phenoxy) is 2. The molecule has 140 valence electrons. The molecule has 0 heterocycles. The van der Waals surface area contributed by atoms with E-state index in [4.69, 9.17) is 20.9 Å². The van der Waals surface area contributed by atoms with Crippen LogP contribution in [0.15, 0.2) is 23.5 Å². The SMILES string of the molecule is CC=C(COC(=O)CC(O)C(=O)OCC(=CC)NC(N)=O)NC(N)=O. The van der Waals surface area contributed by atoms with Crippen LogP contribution in [-0.4, -0.2) is 48.4 Å². The van der Waals surface area contributed by atoms with Gasteiger partial charge < -0.3 is 36.7 Å². The zero-order chi connectivity index (χ0) is 19.4. The van der Waals surface area contributed by atoms with Gasteiger partial charge in [0.25, 0.3) is 0 Å². The van der Waals surface area contributed by atoms with Crippen LogP contribution >= 0.6 is 0 Å². The van der Waals surface area contributed by atoms with Crippen LogP contribution in [0.2, 0.25) is 0 Å². The maximum absolute atomic E-state index is 11.6. The highest BCUT2D eigenvalue weighted by Gasteiger charge is 2.22. The second-order valence-corrected chi connectivity index (χ2v) is 4.59. The van der Waals surface area contributed by atoms with Crippen LogP contribution in [0.25, 0.3) is 0 Å². The van der Waals surface area contributed by atoms with Crippen molar-refractivity contribution >= 4 is 24.0 Å². The molecule has 4 amide bonds. The summed E-state index contributed by atoms with van der Waals surface area (Å²) < 4.78 is 9.52. The highest BCUT2D eigenvalue weighted by Crippen LogP contribution is 2.01. The van der Waals surface area contributed by atoms with Gasteiger partial charge in [-0.25, -0.2) is 14.4 Å². The minimum atomic E-state index is -1.75. The number of hydrogen-bond acceptors (Lipinski definition) is 7. The Balaban J connectivity index is 4.31. The lowest BCUT2D eigenvalue weighted by atomic mass is 10.2. The molecular weight excluding hydrogens is 336 g/mol. The van der Waals surface area contributed by atoms with E-state index in [0.29, 0.717) is 0 Å². The third-order valence-corrected chi connectivity index (χ3v) is 2.66. The average molecular weight is 358 g/mol. The summed E-state index contributed by atoms with van der Waals surface area (Å²) in [6, 6.07) is -1.66. The number of aliphatic hydroxyl groups is 1. The fraction of sp³-hybridized carbons (Fsp3) is 0.429. The molecule has 0 radical (unpaired) electrons. The first-order valence-corrected chi connectivity index (χ1v) is 7.13. The van der Waals surface area contributed by atoms with Gasteiger partial charge >= 0.3 is 24.0 Å². The van der Waals surface area contributed by atoms with Crippen molar-refractivity contribution in [1.29, 1.82) is 0 Å². The summed E-state index contributed by atoms with van der Waals surface area (Å²) in [4.78, 5) is 44.5. The Hall–Kier alpha value is -3.08. The monoisotopic (exact) mass is 358 g/mol. The highest BCUT2D eigenvalue weighted by molar-refractivity contribution is 5.82. The number of rotatable bonds is 9. The molecule has 0 saturated carbocycles. The molecule has 11 nitrogen and oxygen atoms in total. The summed E-state index contributed by atoms with van der Waals surface area (Å²) in [6.45, 7) is 2.54. The molecule has 1 atom stereocenters. The number of amides is 4. The van der Waals surface area contributed by atoms with Crippen LogP contribution < -0.4 is 22.1 Å². The van der Waals surface area contributed by atoms with Crippen molar-refractivity contribution in [3.63, 3.8) is 0 Å². The van der Waals surface area contributed by atoms with Crippen LogP contribution in [0, 0.1) is 0 Å². The number of esters is 2. The third-order valence-electron chi connectivity index (χ3n) is 2.66. The predicted molar refractivity (Wildman–Crippen MR) is 85.5 cm³/mol. The first-order valence-electron chi connectivity index (χ1n) is 7.13. The minimum Gasteiger partial charge on any atom is -0.459 e. The average Bonchev–Trinajstić information content (AvgIpc) is 2.53. The quantitative estimate of drug-likeness (QED) is 0.326. The summed E-state index contributed by atoms with van der Waals surface area (Å²) in [7, 11) is 0. The van der Waals surface area contributed by atoms with Gasteiger partial charge in [0.2, 0.25) is 0 Å². The van der Waals surface area contributed by atoms with E-state index in [2.05, 4.69) is 10.6 Å². The Bertz CT molecular complexity index is 572. The van der Waals surface area contributed by atoms with Crippen LogP contribution in [-0.2, 0) is 19.1 Å². The lowest BCUT2D eigenvalue weighted by molar-refractivity contribution is -0.159. The largest absolute Gasteiger partial charge is 0.459 e. The topological polar surface area (TPSA) is 183 Å². The van der Waals surface area contributed by atoms with Crippen LogP contribution in [0.5, 0.6) is 0 Å². The summed E-state index contributed by atoms with van der Waals surface area (Å²) in [5.41, 5.74) is 10.3. The van der Waals surface area contributed by atoms with Crippen molar-refractivity contribution < 1.29 is 33.8 Å². The van der Waals surface area contributed by atoms with E-state index < -0.39 is 36.5 Å². The number of aliphatic hydroxyl groups excluding tert-OH is 1. The van der Waals surface area contributed by atoms with E-state index in [1.54, 1.807) is 13.8 Å².